The van der Waals surface area contributed by atoms with Gasteiger partial charge in [0.25, 0.3) is 0 Å². The number of methoxy groups -OCH3 is 1. The predicted molar refractivity (Wildman–Crippen MR) is 107 cm³/mol. The van der Waals surface area contributed by atoms with Crippen molar-refractivity contribution in [2.24, 2.45) is 5.41 Å². The van der Waals surface area contributed by atoms with Crippen LogP contribution in [-0.4, -0.2) is 45.7 Å². The molecular weight excluding hydrogens is 430 g/mol. The second-order valence-corrected chi connectivity index (χ2v) is 8.67. The maximum atomic E-state index is 12.4. The molecule has 0 amide bonds. The van der Waals surface area contributed by atoms with Crippen LogP contribution in [0.15, 0.2) is 21.5 Å². The number of fused-ring (bicyclic) bond motifs is 3. The number of hydrogen-bond donors (Lipinski definition) is 1. The Labute approximate surface area is 171 Å². The highest BCUT2D eigenvalue weighted by Gasteiger charge is 2.36. The molecule has 1 aliphatic rings. The number of aromatic carboxylic acids is 1. The summed E-state index contributed by atoms with van der Waals surface area (Å²) >= 11 is 3.55. The number of carbonyl (C=O) groups is 1. The molecule has 8 nitrogen and oxygen atoms in total. The van der Waals surface area contributed by atoms with Crippen molar-refractivity contribution in [3.05, 3.63) is 32.5 Å². The van der Waals surface area contributed by atoms with Gasteiger partial charge >= 0.3 is 5.97 Å². The molecular formula is C19H24BrN3O5. The summed E-state index contributed by atoms with van der Waals surface area (Å²) in [5.41, 5.74) is 0.368. The summed E-state index contributed by atoms with van der Waals surface area (Å²) in [5.74, 6) is -0.782. The molecule has 9 heteroatoms. The average molecular weight is 454 g/mol. The van der Waals surface area contributed by atoms with E-state index in [2.05, 4.69) is 41.8 Å². The maximum Gasteiger partial charge on any atom is 0.341 e. The molecule has 0 aromatic carbocycles. The Morgan fingerprint density at radius 1 is 1.39 bits per heavy atom. The summed E-state index contributed by atoms with van der Waals surface area (Å²) in [6.07, 6.45) is 2.17. The summed E-state index contributed by atoms with van der Waals surface area (Å²) in [7, 11) is 1.64. The van der Waals surface area contributed by atoms with E-state index in [0.717, 1.165) is 6.42 Å². The first-order chi connectivity index (χ1) is 13.1. The van der Waals surface area contributed by atoms with Crippen molar-refractivity contribution in [3.8, 4) is 17.3 Å². The first-order valence-electron chi connectivity index (χ1n) is 9.03. The molecule has 0 saturated heterocycles. The number of nitrogens with zero attached hydrogens (tertiary/aromatic N) is 3. The second kappa shape index (κ2) is 7.71. The Morgan fingerprint density at radius 2 is 2.11 bits per heavy atom. The van der Waals surface area contributed by atoms with E-state index in [0.29, 0.717) is 41.5 Å². The van der Waals surface area contributed by atoms with Crippen molar-refractivity contribution < 1.29 is 19.4 Å². The summed E-state index contributed by atoms with van der Waals surface area (Å²) in [4.78, 5) is 23.9. The summed E-state index contributed by atoms with van der Waals surface area (Å²) < 4.78 is 15.2. The van der Waals surface area contributed by atoms with Gasteiger partial charge in [-0.05, 0) is 21.3 Å². The zero-order valence-corrected chi connectivity index (χ0v) is 17.9. The van der Waals surface area contributed by atoms with E-state index in [1.807, 2.05) is 9.25 Å². The Morgan fingerprint density at radius 3 is 2.71 bits per heavy atom. The number of carboxylic acids is 1. The molecule has 2 aromatic heterocycles. The Kier molecular flexibility index (Phi) is 5.67. The zero-order chi connectivity index (χ0) is 20.6. The fraction of sp³-hybridized carbons (Fsp3) is 0.526. The van der Waals surface area contributed by atoms with Gasteiger partial charge < -0.3 is 19.1 Å². The molecule has 0 fully saturated rings. The SMILES string of the molecule is COCCCOc1nn2c(c1Br)-c1cc(=O)c(C(=O)O)cn1[C@H](C(C)(C)C)C2. The van der Waals surface area contributed by atoms with Crippen LogP contribution in [0, 0.1) is 5.41 Å². The average Bonchev–Trinajstić information content (AvgIpc) is 2.92. The lowest BCUT2D eigenvalue weighted by molar-refractivity contribution is 0.0693. The number of carboxylic acid groups (broad SMARTS) is 1. The lowest BCUT2D eigenvalue weighted by atomic mass is 9.85. The minimum absolute atomic E-state index is 0.0816. The van der Waals surface area contributed by atoms with E-state index in [4.69, 9.17) is 9.47 Å². The monoisotopic (exact) mass is 453 g/mol. The highest BCUT2D eigenvalue weighted by atomic mass is 79.9. The molecule has 1 aliphatic heterocycles. The lowest BCUT2D eigenvalue weighted by Gasteiger charge is -2.38. The smallest absolute Gasteiger partial charge is 0.341 e. The molecule has 1 atom stereocenters. The van der Waals surface area contributed by atoms with Gasteiger partial charge in [0.2, 0.25) is 5.88 Å². The van der Waals surface area contributed by atoms with Crippen LogP contribution in [-0.2, 0) is 11.3 Å². The Bertz CT molecular complexity index is 958. The number of pyridine rings is 1. The molecule has 0 saturated carbocycles. The van der Waals surface area contributed by atoms with E-state index in [9.17, 15) is 14.7 Å². The third-order valence-corrected chi connectivity index (χ3v) is 5.55. The number of hydrogen-bond acceptors (Lipinski definition) is 5. The van der Waals surface area contributed by atoms with Gasteiger partial charge in [-0.25, -0.2) is 4.79 Å². The Hall–Kier alpha value is -2.13. The molecule has 0 unspecified atom stereocenters. The van der Waals surface area contributed by atoms with E-state index in [-0.39, 0.29) is 17.0 Å². The molecule has 2 aromatic rings. The molecule has 0 bridgehead atoms. The first kappa shape index (κ1) is 20.6. The van der Waals surface area contributed by atoms with Gasteiger partial charge in [0, 0.05) is 32.4 Å². The number of halogens is 1. The van der Waals surface area contributed by atoms with Crippen LogP contribution in [0.2, 0.25) is 0 Å². The third kappa shape index (κ3) is 3.73. The maximum absolute atomic E-state index is 12.4. The topological polar surface area (TPSA) is 95.6 Å². The van der Waals surface area contributed by atoms with Gasteiger partial charge in [0.1, 0.15) is 15.7 Å². The number of ether oxygens (including phenoxy) is 2. The fourth-order valence-electron chi connectivity index (χ4n) is 3.36. The summed E-state index contributed by atoms with van der Waals surface area (Å²) in [6, 6.07) is 1.29. The van der Waals surface area contributed by atoms with Crippen LogP contribution in [0.5, 0.6) is 5.88 Å². The van der Waals surface area contributed by atoms with Gasteiger partial charge in [0.05, 0.1) is 24.9 Å². The second-order valence-electron chi connectivity index (χ2n) is 7.88. The van der Waals surface area contributed by atoms with Crippen molar-refractivity contribution in [1.29, 1.82) is 0 Å². The Balaban J connectivity index is 2.11. The number of rotatable bonds is 6. The van der Waals surface area contributed by atoms with Crippen LogP contribution >= 0.6 is 15.9 Å². The third-order valence-electron chi connectivity index (χ3n) is 4.83. The summed E-state index contributed by atoms with van der Waals surface area (Å²) in [6.45, 7) is 7.81. The minimum atomic E-state index is -1.23. The van der Waals surface area contributed by atoms with Crippen molar-refractivity contribution in [2.45, 2.75) is 39.8 Å². The molecule has 3 rings (SSSR count). The van der Waals surface area contributed by atoms with E-state index in [1.165, 1.54) is 12.3 Å². The minimum Gasteiger partial charge on any atom is -0.477 e. The molecule has 0 aliphatic carbocycles. The lowest BCUT2D eigenvalue weighted by Crippen LogP contribution is -2.35. The normalized spacial score (nSPS) is 15.8. The molecule has 1 N–H and O–H groups in total. The van der Waals surface area contributed by atoms with E-state index >= 15 is 0 Å². The van der Waals surface area contributed by atoms with Crippen molar-refractivity contribution in [2.75, 3.05) is 20.3 Å². The zero-order valence-electron chi connectivity index (χ0n) is 16.4. The van der Waals surface area contributed by atoms with Crippen molar-refractivity contribution >= 4 is 21.9 Å². The summed E-state index contributed by atoms with van der Waals surface area (Å²) in [5, 5.41) is 14.0. The quantitative estimate of drug-likeness (QED) is 0.674. The van der Waals surface area contributed by atoms with Gasteiger partial charge in [0.15, 0.2) is 5.43 Å². The molecule has 28 heavy (non-hydrogen) atoms. The number of aromatic nitrogens is 3. The van der Waals surface area contributed by atoms with Gasteiger partial charge in [-0.2, -0.15) is 0 Å². The van der Waals surface area contributed by atoms with Crippen molar-refractivity contribution in [1.82, 2.24) is 14.3 Å². The van der Waals surface area contributed by atoms with Crippen LogP contribution < -0.4 is 10.2 Å². The van der Waals surface area contributed by atoms with Gasteiger partial charge in [-0.1, -0.05) is 20.8 Å². The van der Waals surface area contributed by atoms with E-state index < -0.39 is 11.4 Å². The largest absolute Gasteiger partial charge is 0.477 e. The highest BCUT2D eigenvalue weighted by Crippen LogP contribution is 2.44. The highest BCUT2D eigenvalue weighted by molar-refractivity contribution is 9.10. The van der Waals surface area contributed by atoms with Crippen LogP contribution in [0.4, 0.5) is 0 Å². The molecule has 0 spiro atoms. The molecule has 152 valence electrons. The van der Waals surface area contributed by atoms with Crippen LogP contribution in [0.25, 0.3) is 11.4 Å². The molecule has 3 heterocycles. The molecule has 0 radical (unpaired) electrons. The van der Waals surface area contributed by atoms with Gasteiger partial charge in [-0.15, -0.1) is 5.10 Å². The van der Waals surface area contributed by atoms with Crippen LogP contribution in [0.1, 0.15) is 43.6 Å². The predicted octanol–water partition coefficient (Wildman–Crippen LogP) is 3.19. The van der Waals surface area contributed by atoms with Crippen molar-refractivity contribution in [3.63, 3.8) is 0 Å². The van der Waals surface area contributed by atoms with Crippen LogP contribution in [0.3, 0.4) is 0 Å². The standard InChI is InChI=1S/C19H24BrN3O5/c1-19(2,3)14-10-23-16(15(20)17(21-23)28-7-5-6-27-4)12-8-13(24)11(18(25)26)9-22(12)14/h8-9,14H,5-7,10H2,1-4H3,(H,25,26)/t14-/m0/s1. The fourth-order valence-corrected chi connectivity index (χ4v) is 3.96. The van der Waals surface area contributed by atoms with Gasteiger partial charge in [-0.3, -0.25) is 9.48 Å². The van der Waals surface area contributed by atoms with E-state index in [1.54, 1.807) is 7.11 Å². The first-order valence-corrected chi connectivity index (χ1v) is 9.82.